The second-order valence-corrected chi connectivity index (χ2v) is 8.13. The smallest absolute Gasteiger partial charge is 0.255 e. The van der Waals surface area contributed by atoms with Crippen LogP contribution in [-0.4, -0.2) is 38.8 Å². The summed E-state index contributed by atoms with van der Waals surface area (Å²) in [5.41, 5.74) is 1.84. The Kier molecular flexibility index (Phi) is 5.30. The van der Waals surface area contributed by atoms with Crippen molar-refractivity contribution in [1.82, 2.24) is 14.5 Å². The van der Waals surface area contributed by atoms with E-state index in [1.54, 1.807) is 30.1 Å². The molecule has 7 heteroatoms. The van der Waals surface area contributed by atoms with Gasteiger partial charge in [-0.1, -0.05) is 12.1 Å². The first-order valence-corrected chi connectivity index (χ1v) is 10.0. The number of β-amino-alcohol motifs (C(OH)–C–C–N with tert-alkyl or cyclic N) is 1. The highest BCUT2D eigenvalue weighted by molar-refractivity contribution is 5.60. The molecule has 3 aromatic rings. The van der Waals surface area contributed by atoms with Crippen molar-refractivity contribution in [1.29, 1.82) is 0 Å². The molecule has 1 aromatic carbocycles. The van der Waals surface area contributed by atoms with Gasteiger partial charge in [-0.15, -0.1) is 0 Å². The molecule has 1 atom stereocenters. The number of aliphatic hydroxyl groups excluding tert-OH is 1. The second kappa shape index (κ2) is 7.91. The summed E-state index contributed by atoms with van der Waals surface area (Å²) in [6.07, 6.45) is 3.39. The van der Waals surface area contributed by atoms with Gasteiger partial charge in [0.25, 0.3) is 5.56 Å². The largest absolute Gasteiger partial charge is 0.497 e. The zero-order chi connectivity index (χ0) is 21.3. The van der Waals surface area contributed by atoms with Gasteiger partial charge in [-0.2, -0.15) is 0 Å². The molecule has 1 N–H and O–H groups in total. The quantitative estimate of drug-likeness (QED) is 0.702. The van der Waals surface area contributed by atoms with Crippen LogP contribution in [0.25, 0.3) is 11.3 Å². The molecule has 2 aromatic heterocycles. The molecule has 0 saturated carbocycles. The van der Waals surface area contributed by atoms with Gasteiger partial charge in [-0.3, -0.25) is 14.3 Å². The normalized spacial score (nSPS) is 16.1. The van der Waals surface area contributed by atoms with Crippen LogP contribution in [0.2, 0.25) is 0 Å². The third-order valence-electron chi connectivity index (χ3n) is 5.72. The Bertz CT molecular complexity index is 1100. The molecular weight excluding hydrogens is 380 g/mol. The SMILES string of the molecule is COc1cccc(C(O)CN2c3nc(-c4ccncc4)cc(=O)n3CCC2(C)C)c1. The maximum absolute atomic E-state index is 12.9. The Hall–Kier alpha value is -3.19. The number of benzene rings is 1. The highest BCUT2D eigenvalue weighted by atomic mass is 16.5. The molecule has 30 heavy (non-hydrogen) atoms. The van der Waals surface area contributed by atoms with E-state index < -0.39 is 6.10 Å². The fourth-order valence-corrected chi connectivity index (χ4v) is 3.83. The standard InChI is InChI=1S/C23H26N4O3/c1-23(2)9-12-26-21(29)14-19(16-7-10-24-11-8-16)25-22(26)27(23)15-20(28)17-5-4-6-18(13-17)30-3/h4-8,10-11,13-14,20,28H,9,12,15H2,1-3H3. The summed E-state index contributed by atoms with van der Waals surface area (Å²) in [7, 11) is 1.60. The summed E-state index contributed by atoms with van der Waals surface area (Å²) in [5, 5.41) is 11.0. The number of aliphatic hydroxyl groups is 1. The van der Waals surface area contributed by atoms with Crippen molar-refractivity contribution in [3.63, 3.8) is 0 Å². The van der Waals surface area contributed by atoms with Crippen molar-refractivity contribution in [2.45, 2.75) is 38.5 Å². The predicted octanol–water partition coefficient (Wildman–Crippen LogP) is 3.04. The van der Waals surface area contributed by atoms with Crippen molar-refractivity contribution in [2.24, 2.45) is 0 Å². The van der Waals surface area contributed by atoms with Crippen molar-refractivity contribution < 1.29 is 9.84 Å². The summed E-state index contributed by atoms with van der Waals surface area (Å²) >= 11 is 0. The fourth-order valence-electron chi connectivity index (χ4n) is 3.83. The zero-order valence-electron chi connectivity index (χ0n) is 17.4. The monoisotopic (exact) mass is 406 g/mol. The van der Waals surface area contributed by atoms with Crippen molar-refractivity contribution >= 4 is 5.95 Å². The van der Waals surface area contributed by atoms with Gasteiger partial charge in [0.15, 0.2) is 0 Å². The van der Waals surface area contributed by atoms with E-state index in [1.807, 2.05) is 41.3 Å². The van der Waals surface area contributed by atoms with Gasteiger partial charge in [-0.05, 0) is 50.1 Å². The highest BCUT2D eigenvalue weighted by Gasteiger charge is 2.36. The number of methoxy groups -OCH3 is 1. The van der Waals surface area contributed by atoms with Crippen molar-refractivity contribution in [3.05, 3.63) is 70.8 Å². The first kappa shape index (κ1) is 20.1. The lowest BCUT2D eigenvalue weighted by atomic mass is 9.95. The van der Waals surface area contributed by atoms with Crippen LogP contribution in [0.3, 0.4) is 0 Å². The van der Waals surface area contributed by atoms with Crippen LogP contribution in [0.15, 0.2) is 59.7 Å². The molecule has 4 rings (SSSR count). The molecule has 0 amide bonds. The van der Waals surface area contributed by atoms with E-state index >= 15 is 0 Å². The minimum absolute atomic E-state index is 0.0943. The summed E-state index contributed by atoms with van der Waals surface area (Å²) in [4.78, 5) is 23.8. The van der Waals surface area contributed by atoms with Crippen LogP contribution in [0.4, 0.5) is 5.95 Å². The number of nitrogens with zero attached hydrogens (tertiary/aromatic N) is 4. The van der Waals surface area contributed by atoms with Gasteiger partial charge in [0.1, 0.15) is 5.75 Å². The minimum atomic E-state index is -0.757. The molecule has 0 fully saturated rings. The van der Waals surface area contributed by atoms with Crippen LogP contribution in [-0.2, 0) is 6.54 Å². The summed E-state index contributed by atoms with van der Waals surface area (Å²) < 4.78 is 6.97. The molecule has 1 aliphatic heterocycles. The predicted molar refractivity (Wildman–Crippen MR) is 116 cm³/mol. The van der Waals surface area contributed by atoms with Crippen LogP contribution in [0, 0.1) is 0 Å². The minimum Gasteiger partial charge on any atom is -0.497 e. The van der Waals surface area contributed by atoms with Crippen LogP contribution >= 0.6 is 0 Å². The third kappa shape index (κ3) is 3.80. The highest BCUT2D eigenvalue weighted by Crippen LogP contribution is 2.33. The number of fused-ring (bicyclic) bond motifs is 1. The first-order chi connectivity index (χ1) is 14.4. The van der Waals surface area contributed by atoms with Gasteiger partial charge < -0.3 is 14.7 Å². The Morgan fingerprint density at radius 3 is 2.70 bits per heavy atom. The molecular formula is C23H26N4O3. The summed E-state index contributed by atoms with van der Waals surface area (Å²) in [6.45, 7) is 5.13. The molecule has 0 spiro atoms. The van der Waals surface area contributed by atoms with E-state index in [9.17, 15) is 9.90 Å². The second-order valence-electron chi connectivity index (χ2n) is 8.13. The lowest BCUT2D eigenvalue weighted by Gasteiger charge is -2.45. The molecule has 0 saturated heterocycles. The molecule has 0 aliphatic carbocycles. The van der Waals surface area contributed by atoms with E-state index in [-0.39, 0.29) is 11.1 Å². The molecule has 0 radical (unpaired) electrons. The lowest BCUT2D eigenvalue weighted by molar-refractivity contribution is 0.168. The molecule has 0 bridgehead atoms. The van der Waals surface area contributed by atoms with E-state index in [0.717, 1.165) is 17.5 Å². The molecule has 156 valence electrons. The Morgan fingerprint density at radius 2 is 1.97 bits per heavy atom. The van der Waals surface area contributed by atoms with E-state index in [2.05, 4.69) is 18.8 Å². The molecule has 3 heterocycles. The number of hydrogen-bond acceptors (Lipinski definition) is 6. The first-order valence-electron chi connectivity index (χ1n) is 10.0. The average Bonchev–Trinajstić information content (AvgIpc) is 2.76. The number of ether oxygens (including phenoxy) is 1. The van der Waals surface area contributed by atoms with Gasteiger partial charge in [0.2, 0.25) is 5.95 Å². The van der Waals surface area contributed by atoms with E-state index in [4.69, 9.17) is 9.72 Å². The van der Waals surface area contributed by atoms with Gasteiger partial charge in [0.05, 0.1) is 25.5 Å². The lowest BCUT2D eigenvalue weighted by Crippen LogP contribution is -2.53. The zero-order valence-corrected chi connectivity index (χ0v) is 17.4. The van der Waals surface area contributed by atoms with Crippen LogP contribution in [0.5, 0.6) is 5.75 Å². The van der Waals surface area contributed by atoms with Gasteiger partial charge in [-0.25, -0.2) is 4.98 Å². The van der Waals surface area contributed by atoms with Crippen molar-refractivity contribution in [2.75, 3.05) is 18.6 Å². The maximum atomic E-state index is 12.9. The van der Waals surface area contributed by atoms with Crippen molar-refractivity contribution in [3.8, 4) is 17.0 Å². The number of rotatable bonds is 5. The number of hydrogen-bond donors (Lipinski definition) is 1. The molecule has 1 unspecified atom stereocenters. The Labute approximate surface area is 175 Å². The number of anilines is 1. The van der Waals surface area contributed by atoms with E-state index in [1.165, 1.54) is 0 Å². The molecule has 7 nitrogen and oxygen atoms in total. The Balaban J connectivity index is 1.74. The number of aromatic nitrogens is 3. The summed E-state index contributed by atoms with van der Waals surface area (Å²) in [6, 6.07) is 12.6. The fraction of sp³-hybridized carbons (Fsp3) is 0.348. The van der Waals surface area contributed by atoms with E-state index in [0.29, 0.717) is 30.5 Å². The molecule has 1 aliphatic rings. The Morgan fingerprint density at radius 1 is 1.20 bits per heavy atom. The average molecular weight is 406 g/mol. The summed E-state index contributed by atoms with van der Waals surface area (Å²) in [5.74, 6) is 1.27. The van der Waals surface area contributed by atoms with Crippen LogP contribution in [0.1, 0.15) is 31.9 Å². The third-order valence-corrected chi connectivity index (χ3v) is 5.72. The van der Waals surface area contributed by atoms with Crippen LogP contribution < -0.4 is 15.2 Å². The maximum Gasteiger partial charge on any atom is 0.255 e. The van der Waals surface area contributed by atoms with Gasteiger partial charge in [0, 0.05) is 36.1 Å². The topological polar surface area (TPSA) is 80.5 Å². The number of pyridine rings is 1. The van der Waals surface area contributed by atoms with Gasteiger partial charge >= 0.3 is 0 Å².